The predicted molar refractivity (Wildman–Crippen MR) is 67.7 cm³/mol. The number of carbonyl (C=O) groups is 1. The van der Waals surface area contributed by atoms with E-state index >= 15 is 0 Å². The summed E-state index contributed by atoms with van der Waals surface area (Å²) in [6, 6.07) is 4.38. The number of carbonyl (C=O) groups excluding carboxylic acids is 1. The molecule has 1 aliphatic rings. The van der Waals surface area contributed by atoms with E-state index in [2.05, 4.69) is 10.6 Å². The second-order valence-electron chi connectivity index (χ2n) is 4.58. The van der Waals surface area contributed by atoms with Crippen molar-refractivity contribution in [1.29, 1.82) is 0 Å². The lowest BCUT2D eigenvalue weighted by Gasteiger charge is -2.22. The second-order valence-corrected chi connectivity index (χ2v) is 4.58. The molecule has 2 rings (SSSR count). The van der Waals surface area contributed by atoms with Gasteiger partial charge in [0.1, 0.15) is 0 Å². The number of piperidine rings is 1. The first kappa shape index (κ1) is 12.7. The molecule has 1 amide bonds. The molecule has 5 heteroatoms. The van der Waals surface area contributed by atoms with Crippen LogP contribution in [0.1, 0.15) is 23.2 Å². The molecule has 0 bridgehead atoms. The summed E-state index contributed by atoms with van der Waals surface area (Å²) in [5.41, 5.74) is 0.115. The highest BCUT2D eigenvalue weighted by molar-refractivity contribution is 5.97. The first-order valence-electron chi connectivity index (χ1n) is 6.18. The van der Waals surface area contributed by atoms with Gasteiger partial charge in [-0.1, -0.05) is 6.07 Å². The Morgan fingerprint density at radius 1 is 1.33 bits per heavy atom. The Labute approximate surface area is 106 Å². The summed E-state index contributed by atoms with van der Waals surface area (Å²) >= 11 is 0. The van der Waals surface area contributed by atoms with E-state index in [1.54, 1.807) is 0 Å². The average molecular weight is 250 g/mol. The van der Waals surface area contributed by atoms with Gasteiger partial charge in [0.2, 0.25) is 0 Å². The monoisotopic (exact) mass is 250 g/mol. The summed E-state index contributed by atoms with van der Waals surface area (Å²) in [7, 11) is 0. The highest BCUT2D eigenvalue weighted by Gasteiger charge is 2.17. The molecule has 0 atom stereocenters. The number of rotatable bonds is 3. The Morgan fingerprint density at radius 2 is 2.06 bits per heavy atom. The number of para-hydroxylation sites is 1. The molecule has 98 valence electrons. The molecule has 1 aliphatic heterocycles. The van der Waals surface area contributed by atoms with Gasteiger partial charge in [-0.2, -0.15) is 0 Å². The van der Waals surface area contributed by atoms with Crippen LogP contribution in [-0.2, 0) is 0 Å². The van der Waals surface area contributed by atoms with Crippen molar-refractivity contribution in [2.75, 3.05) is 19.6 Å². The molecule has 4 N–H and O–H groups in total. The number of hydrogen-bond acceptors (Lipinski definition) is 4. The van der Waals surface area contributed by atoms with Gasteiger partial charge in [-0.25, -0.2) is 0 Å². The maximum Gasteiger partial charge on any atom is 0.255 e. The normalized spacial score (nSPS) is 16.4. The number of amides is 1. The first-order valence-corrected chi connectivity index (χ1v) is 6.18. The molecule has 0 spiro atoms. The van der Waals surface area contributed by atoms with Crippen molar-refractivity contribution in [3.8, 4) is 11.5 Å². The smallest absolute Gasteiger partial charge is 0.255 e. The Hall–Kier alpha value is -1.75. The van der Waals surface area contributed by atoms with Gasteiger partial charge in [-0.3, -0.25) is 4.79 Å². The van der Waals surface area contributed by atoms with Gasteiger partial charge < -0.3 is 20.8 Å². The largest absolute Gasteiger partial charge is 0.504 e. The summed E-state index contributed by atoms with van der Waals surface area (Å²) in [5.74, 6) is -0.499. The van der Waals surface area contributed by atoms with Crippen molar-refractivity contribution >= 4 is 5.91 Å². The van der Waals surface area contributed by atoms with Crippen LogP contribution in [0, 0.1) is 5.92 Å². The minimum Gasteiger partial charge on any atom is -0.504 e. The summed E-state index contributed by atoms with van der Waals surface area (Å²) in [4.78, 5) is 11.9. The minimum atomic E-state index is -0.361. The molecule has 0 aliphatic carbocycles. The van der Waals surface area contributed by atoms with E-state index in [9.17, 15) is 15.0 Å². The molecule has 0 aromatic heterocycles. The van der Waals surface area contributed by atoms with Gasteiger partial charge in [0.05, 0.1) is 5.56 Å². The molecule has 1 heterocycles. The summed E-state index contributed by atoms with van der Waals surface area (Å²) in [6.45, 7) is 2.57. The first-order chi connectivity index (χ1) is 8.68. The van der Waals surface area contributed by atoms with Gasteiger partial charge in [-0.15, -0.1) is 0 Å². The van der Waals surface area contributed by atoms with E-state index in [-0.39, 0.29) is 23.0 Å². The number of nitrogens with one attached hydrogen (secondary N) is 2. The molecule has 1 fully saturated rings. The van der Waals surface area contributed by atoms with Crippen LogP contribution in [0.15, 0.2) is 18.2 Å². The third-order valence-electron chi connectivity index (χ3n) is 3.27. The van der Waals surface area contributed by atoms with Gasteiger partial charge >= 0.3 is 0 Å². The van der Waals surface area contributed by atoms with Crippen molar-refractivity contribution in [2.45, 2.75) is 12.8 Å². The number of hydrogen-bond donors (Lipinski definition) is 4. The number of benzene rings is 1. The lowest BCUT2D eigenvalue weighted by Crippen LogP contribution is -2.35. The van der Waals surface area contributed by atoms with Crippen LogP contribution in [0.2, 0.25) is 0 Å². The van der Waals surface area contributed by atoms with E-state index in [4.69, 9.17) is 0 Å². The Morgan fingerprint density at radius 3 is 2.78 bits per heavy atom. The number of aromatic hydroxyl groups is 2. The summed E-state index contributed by atoms with van der Waals surface area (Å²) < 4.78 is 0. The van der Waals surface area contributed by atoms with E-state index in [1.807, 2.05) is 0 Å². The van der Waals surface area contributed by atoms with E-state index in [0.717, 1.165) is 25.9 Å². The third-order valence-corrected chi connectivity index (χ3v) is 3.27. The van der Waals surface area contributed by atoms with Crippen LogP contribution < -0.4 is 10.6 Å². The van der Waals surface area contributed by atoms with Crippen LogP contribution in [0.5, 0.6) is 11.5 Å². The number of phenols is 2. The van der Waals surface area contributed by atoms with Crippen molar-refractivity contribution < 1.29 is 15.0 Å². The summed E-state index contributed by atoms with van der Waals surface area (Å²) in [5, 5.41) is 25.0. The van der Waals surface area contributed by atoms with Crippen LogP contribution in [0.25, 0.3) is 0 Å². The van der Waals surface area contributed by atoms with Crippen LogP contribution in [-0.4, -0.2) is 35.8 Å². The van der Waals surface area contributed by atoms with E-state index < -0.39 is 0 Å². The maximum absolute atomic E-state index is 11.9. The fourth-order valence-electron chi connectivity index (χ4n) is 2.13. The Balaban J connectivity index is 1.93. The fraction of sp³-hybridized carbons (Fsp3) is 0.462. The molecular formula is C13H18N2O3. The van der Waals surface area contributed by atoms with Crippen molar-refractivity contribution in [1.82, 2.24) is 10.6 Å². The van der Waals surface area contributed by atoms with Crippen LogP contribution >= 0.6 is 0 Å². The van der Waals surface area contributed by atoms with Gasteiger partial charge in [0.15, 0.2) is 11.5 Å². The van der Waals surface area contributed by atoms with Crippen molar-refractivity contribution in [3.05, 3.63) is 23.8 Å². The van der Waals surface area contributed by atoms with Crippen molar-refractivity contribution in [2.24, 2.45) is 5.92 Å². The maximum atomic E-state index is 11.9. The highest BCUT2D eigenvalue weighted by Crippen LogP contribution is 2.27. The quantitative estimate of drug-likeness (QED) is 0.599. The molecular weight excluding hydrogens is 232 g/mol. The molecule has 0 radical (unpaired) electrons. The fourth-order valence-corrected chi connectivity index (χ4v) is 2.13. The third kappa shape index (κ3) is 2.92. The Bertz CT molecular complexity index is 428. The summed E-state index contributed by atoms with van der Waals surface area (Å²) in [6.07, 6.45) is 2.10. The topological polar surface area (TPSA) is 81.6 Å². The zero-order chi connectivity index (χ0) is 13.0. The highest BCUT2D eigenvalue weighted by atomic mass is 16.3. The van der Waals surface area contributed by atoms with Gasteiger partial charge in [0.25, 0.3) is 5.91 Å². The molecule has 1 aromatic rings. The minimum absolute atomic E-state index is 0.115. The Kier molecular flexibility index (Phi) is 4.04. The molecule has 1 saturated heterocycles. The molecule has 5 nitrogen and oxygen atoms in total. The van der Waals surface area contributed by atoms with E-state index in [1.165, 1.54) is 18.2 Å². The zero-order valence-corrected chi connectivity index (χ0v) is 10.1. The molecule has 1 aromatic carbocycles. The van der Waals surface area contributed by atoms with Crippen LogP contribution in [0.3, 0.4) is 0 Å². The molecule has 0 unspecified atom stereocenters. The second kappa shape index (κ2) is 5.73. The van der Waals surface area contributed by atoms with Gasteiger partial charge in [0, 0.05) is 6.54 Å². The molecule has 0 saturated carbocycles. The zero-order valence-electron chi connectivity index (χ0n) is 10.1. The van der Waals surface area contributed by atoms with Gasteiger partial charge in [-0.05, 0) is 44.0 Å². The molecule has 18 heavy (non-hydrogen) atoms. The lowest BCUT2D eigenvalue weighted by molar-refractivity contribution is 0.0941. The average Bonchev–Trinajstić information content (AvgIpc) is 2.40. The lowest BCUT2D eigenvalue weighted by atomic mass is 9.98. The standard InChI is InChI=1S/C13H18N2O3/c16-11-3-1-2-10(12(11)17)13(18)15-8-9-4-6-14-7-5-9/h1-3,9,14,16-17H,4-8H2,(H,15,18). The van der Waals surface area contributed by atoms with Crippen molar-refractivity contribution in [3.63, 3.8) is 0 Å². The predicted octanol–water partition coefficient (Wildman–Crippen LogP) is 0.827. The van der Waals surface area contributed by atoms with E-state index in [0.29, 0.717) is 12.5 Å². The number of phenolic OH excluding ortho intramolecular Hbond substituents is 2. The SMILES string of the molecule is O=C(NCC1CCNCC1)c1cccc(O)c1O. The van der Waals surface area contributed by atoms with Crippen LogP contribution in [0.4, 0.5) is 0 Å².